The molecule has 1 heterocycles. The molecule has 1 N–H and O–H groups in total. The first-order chi connectivity index (χ1) is 11.5. The van der Waals surface area contributed by atoms with Crippen molar-refractivity contribution in [2.24, 2.45) is 0 Å². The Morgan fingerprint density at radius 2 is 1.29 bits per heavy atom. The number of ether oxygens (including phenoxy) is 2. The number of hydrogen-bond donors (Lipinski definition) is 1. The molecular formula is C20H20BrNO2. The highest BCUT2D eigenvalue weighted by Crippen LogP contribution is 2.37. The summed E-state index contributed by atoms with van der Waals surface area (Å²) in [6.45, 7) is 4.29. The van der Waals surface area contributed by atoms with E-state index in [1.54, 1.807) is 14.2 Å². The average molecular weight is 386 g/mol. The summed E-state index contributed by atoms with van der Waals surface area (Å²) >= 11 is 3.49. The van der Waals surface area contributed by atoms with E-state index in [1.165, 1.54) is 16.7 Å². The van der Waals surface area contributed by atoms with E-state index in [2.05, 4.69) is 59.0 Å². The molecule has 1 aromatic heterocycles. The van der Waals surface area contributed by atoms with E-state index in [9.17, 15) is 0 Å². The largest absolute Gasteiger partial charge is 0.493 e. The maximum Gasteiger partial charge on any atom is 0.161 e. The third-order valence-corrected chi connectivity index (χ3v) is 4.90. The maximum atomic E-state index is 5.43. The Morgan fingerprint density at radius 1 is 0.750 bits per heavy atom. The molecule has 0 spiro atoms. The first-order valence-corrected chi connectivity index (χ1v) is 8.52. The Morgan fingerprint density at radius 3 is 1.88 bits per heavy atom. The number of methoxy groups -OCH3 is 2. The number of rotatable bonds is 4. The van der Waals surface area contributed by atoms with Crippen LogP contribution in [0.3, 0.4) is 0 Å². The normalized spacial score (nSPS) is 10.7. The molecule has 0 atom stereocenters. The van der Waals surface area contributed by atoms with Gasteiger partial charge in [0.2, 0.25) is 0 Å². The Balaban J connectivity index is 2.10. The molecule has 3 rings (SSSR count). The first-order valence-electron chi connectivity index (χ1n) is 7.72. The van der Waals surface area contributed by atoms with Gasteiger partial charge in [0, 0.05) is 21.4 Å². The van der Waals surface area contributed by atoms with Crippen molar-refractivity contribution in [3.8, 4) is 34.0 Å². The highest BCUT2D eigenvalue weighted by Gasteiger charge is 2.15. The van der Waals surface area contributed by atoms with Crippen molar-refractivity contribution in [3.05, 3.63) is 58.1 Å². The summed E-state index contributed by atoms with van der Waals surface area (Å²) in [5.74, 6) is 1.46. The minimum Gasteiger partial charge on any atom is -0.493 e. The average Bonchev–Trinajstić information content (AvgIpc) is 2.90. The zero-order chi connectivity index (χ0) is 17.3. The number of hydrogen-bond acceptors (Lipinski definition) is 2. The summed E-state index contributed by atoms with van der Waals surface area (Å²) in [7, 11) is 3.30. The Kier molecular flexibility index (Phi) is 4.67. The van der Waals surface area contributed by atoms with Crippen molar-refractivity contribution in [2.45, 2.75) is 13.8 Å². The van der Waals surface area contributed by atoms with Crippen LogP contribution in [0.4, 0.5) is 0 Å². The molecule has 3 nitrogen and oxygen atoms in total. The molecule has 24 heavy (non-hydrogen) atoms. The zero-order valence-corrected chi connectivity index (χ0v) is 15.8. The van der Waals surface area contributed by atoms with E-state index < -0.39 is 0 Å². The molecule has 0 aliphatic rings. The molecular weight excluding hydrogens is 366 g/mol. The fraction of sp³-hybridized carbons (Fsp3) is 0.200. The number of halogens is 1. The van der Waals surface area contributed by atoms with Gasteiger partial charge in [0.1, 0.15) is 0 Å². The maximum absolute atomic E-state index is 5.43. The summed E-state index contributed by atoms with van der Waals surface area (Å²) in [6, 6.07) is 14.3. The lowest BCUT2D eigenvalue weighted by molar-refractivity contribution is 0.355. The number of benzene rings is 2. The van der Waals surface area contributed by atoms with Gasteiger partial charge in [0.05, 0.1) is 14.2 Å². The summed E-state index contributed by atoms with van der Waals surface area (Å²) < 4.78 is 11.8. The van der Waals surface area contributed by atoms with E-state index >= 15 is 0 Å². The third kappa shape index (κ3) is 2.94. The Labute approximate surface area is 150 Å². The number of aromatic nitrogens is 1. The van der Waals surface area contributed by atoms with Crippen LogP contribution in [0.15, 0.2) is 46.9 Å². The van der Waals surface area contributed by atoms with Crippen molar-refractivity contribution < 1.29 is 9.47 Å². The smallest absolute Gasteiger partial charge is 0.161 e. The van der Waals surface area contributed by atoms with Crippen LogP contribution in [0.2, 0.25) is 0 Å². The predicted molar refractivity (Wildman–Crippen MR) is 102 cm³/mol. The van der Waals surface area contributed by atoms with Crippen LogP contribution in [0.1, 0.15) is 11.1 Å². The first kappa shape index (κ1) is 16.7. The molecule has 124 valence electrons. The fourth-order valence-electron chi connectivity index (χ4n) is 2.87. The molecule has 4 heteroatoms. The summed E-state index contributed by atoms with van der Waals surface area (Å²) in [5.41, 5.74) is 6.99. The number of H-pyrrole nitrogens is 1. The van der Waals surface area contributed by atoms with Crippen LogP contribution >= 0.6 is 15.9 Å². The highest BCUT2D eigenvalue weighted by molar-refractivity contribution is 9.10. The van der Waals surface area contributed by atoms with Gasteiger partial charge in [-0.2, -0.15) is 0 Å². The van der Waals surface area contributed by atoms with Crippen LogP contribution in [0.5, 0.6) is 11.5 Å². The number of aromatic amines is 1. The van der Waals surface area contributed by atoms with Gasteiger partial charge >= 0.3 is 0 Å². The van der Waals surface area contributed by atoms with Gasteiger partial charge in [-0.3, -0.25) is 0 Å². The zero-order valence-electron chi connectivity index (χ0n) is 14.2. The van der Waals surface area contributed by atoms with Crippen LogP contribution in [0.25, 0.3) is 22.5 Å². The van der Waals surface area contributed by atoms with Gasteiger partial charge in [0.25, 0.3) is 0 Å². The molecule has 3 aromatic rings. The fourth-order valence-corrected chi connectivity index (χ4v) is 3.14. The SMILES string of the molecule is COc1ccc(-c2[nH]c(-c3ccc(Br)cc3)c(C)c2C)cc1OC. The van der Waals surface area contributed by atoms with Gasteiger partial charge < -0.3 is 14.5 Å². The lowest BCUT2D eigenvalue weighted by Gasteiger charge is -2.09. The molecule has 0 aliphatic heterocycles. The summed E-state index contributed by atoms with van der Waals surface area (Å²) in [4.78, 5) is 3.58. The van der Waals surface area contributed by atoms with Gasteiger partial charge in [-0.25, -0.2) is 0 Å². The lowest BCUT2D eigenvalue weighted by atomic mass is 10.0. The van der Waals surface area contributed by atoms with Crippen molar-refractivity contribution in [3.63, 3.8) is 0 Å². The van der Waals surface area contributed by atoms with Crippen molar-refractivity contribution in [1.29, 1.82) is 0 Å². The van der Waals surface area contributed by atoms with E-state index in [0.29, 0.717) is 0 Å². The quantitative estimate of drug-likeness (QED) is 0.620. The van der Waals surface area contributed by atoms with Crippen molar-refractivity contribution in [1.82, 2.24) is 4.98 Å². The second-order valence-corrected chi connectivity index (χ2v) is 6.62. The molecule has 0 unspecified atom stereocenters. The van der Waals surface area contributed by atoms with Crippen LogP contribution in [0, 0.1) is 13.8 Å². The minimum atomic E-state index is 0.729. The highest BCUT2D eigenvalue weighted by atomic mass is 79.9. The second-order valence-electron chi connectivity index (χ2n) is 5.70. The summed E-state index contributed by atoms with van der Waals surface area (Å²) in [5, 5.41) is 0. The minimum absolute atomic E-state index is 0.729. The van der Waals surface area contributed by atoms with E-state index in [4.69, 9.17) is 9.47 Å². The van der Waals surface area contributed by atoms with E-state index in [-0.39, 0.29) is 0 Å². The molecule has 0 bridgehead atoms. The lowest BCUT2D eigenvalue weighted by Crippen LogP contribution is -1.91. The summed E-state index contributed by atoms with van der Waals surface area (Å²) in [6.07, 6.45) is 0. The van der Waals surface area contributed by atoms with Gasteiger partial charge in [-0.1, -0.05) is 28.1 Å². The molecule has 0 fully saturated rings. The topological polar surface area (TPSA) is 34.2 Å². The molecule has 0 radical (unpaired) electrons. The van der Waals surface area contributed by atoms with Crippen molar-refractivity contribution >= 4 is 15.9 Å². The van der Waals surface area contributed by atoms with Crippen LogP contribution in [-0.4, -0.2) is 19.2 Å². The van der Waals surface area contributed by atoms with Crippen molar-refractivity contribution in [2.75, 3.05) is 14.2 Å². The molecule has 0 amide bonds. The van der Waals surface area contributed by atoms with E-state index in [0.717, 1.165) is 32.9 Å². The standard InChI is InChI=1S/C20H20BrNO2/c1-12-13(2)20(15-7-10-17(23-3)18(11-15)24-4)22-19(12)14-5-8-16(21)9-6-14/h5-11,22H,1-4H3. The van der Waals surface area contributed by atoms with Gasteiger partial charge in [-0.15, -0.1) is 0 Å². The van der Waals surface area contributed by atoms with Gasteiger partial charge in [-0.05, 0) is 60.9 Å². The molecule has 0 aliphatic carbocycles. The Hall–Kier alpha value is -2.20. The second kappa shape index (κ2) is 6.73. The van der Waals surface area contributed by atoms with Gasteiger partial charge in [0.15, 0.2) is 11.5 Å². The monoisotopic (exact) mass is 385 g/mol. The third-order valence-electron chi connectivity index (χ3n) is 4.37. The van der Waals surface area contributed by atoms with E-state index in [1.807, 2.05) is 18.2 Å². The molecule has 2 aromatic carbocycles. The number of nitrogens with one attached hydrogen (secondary N) is 1. The van der Waals surface area contributed by atoms with Crippen LogP contribution < -0.4 is 9.47 Å². The molecule has 0 saturated heterocycles. The molecule has 0 saturated carbocycles. The van der Waals surface area contributed by atoms with Crippen LogP contribution in [-0.2, 0) is 0 Å². The Bertz CT molecular complexity index is 866. The predicted octanol–water partition coefficient (Wildman–Crippen LogP) is 5.75.